The van der Waals surface area contributed by atoms with Gasteiger partial charge in [-0.15, -0.1) is 0 Å². The molecule has 1 aromatic carbocycles. The minimum Gasteiger partial charge on any atom is -0.461 e. The lowest BCUT2D eigenvalue weighted by Gasteiger charge is -2.13. The summed E-state index contributed by atoms with van der Waals surface area (Å²) in [6, 6.07) is 13.4. The Morgan fingerprint density at radius 3 is 2.50 bits per heavy atom. The Labute approximate surface area is 141 Å². The van der Waals surface area contributed by atoms with Gasteiger partial charge in [0, 0.05) is 17.0 Å². The van der Waals surface area contributed by atoms with Crippen LogP contribution < -0.4 is 0 Å². The van der Waals surface area contributed by atoms with Gasteiger partial charge in [0.2, 0.25) is 0 Å². The summed E-state index contributed by atoms with van der Waals surface area (Å²) in [5, 5.41) is 4.58. The zero-order valence-corrected chi connectivity index (χ0v) is 14.4. The van der Waals surface area contributed by atoms with Gasteiger partial charge >= 0.3 is 5.97 Å². The second kappa shape index (κ2) is 6.07. The van der Waals surface area contributed by atoms with E-state index in [2.05, 4.69) is 30.9 Å². The van der Waals surface area contributed by atoms with E-state index in [1.807, 2.05) is 36.4 Å². The summed E-state index contributed by atoms with van der Waals surface area (Å²) >= 11 is 0. The molecular weight excluding hydrogens is 302 g/mol. The van der Waals surface area contributed by atoms with E-state index in [0.717, 1.165) is 17.0 Å². The van der Waals surface area contributed by atoms with Crippen molar-refractivity contribution in [3.05, 3.63) is 53.9 Å². The number of benzene rings is 1. The molecule has 124 valence electrons. The lowest BCUT2D eigenvalue weighted by molar-refractivity contribution is 0.0516. The Morgan fingerprint density at radius 1 is 1.17 bits per heavy atom. The fourth-order valence-electron chi connectivity index (χ4n) is 2.45. The number of ether oxygens (including phenoxy) is 1. The second-order valence-corrected chi connectivity index (χ2v) is 6.66. The van der Waals surface area contributed by atoms with Crippen LogP contribution in [-0.2, 0) is 10.2 Å². The summed E-state index contributed by atoms with van der Waals surface area (Å²) in [6.07, 6.45) is 0. The van der Waals surface area contributed by atoms with Crippen molar-refractivity contribution in [3.63, 3.8) is 0 Å². The van der Waals surface area contributed by atoms with Crippen LogP contribution in [0.25, 0.3) is 16.9 Å². The maximum absolute atomic E-state index is 12.4. The molecule has 0 fully saturated rings. The zero-order valence-electron chi connectivity index (χ0n) is 14.4. The molecule has 3 rings (SSSR count). The molecule has 3 aromatic rings. The minimum atomic E-state index is -0.398. The van der Waals surface area contributed by atoms with Crippen molar-refractivity contribution >= 4 is 11.6 Å². The van der Waals surface area contributed by atoms with Gasteiger partial charge in [0.15, 0.2) is 11.3 Å². The summed E-state index contributed by atoms with van der Waals surface area (Å²) in [5.74, 6) is -0.398. The van der Waals surface area contributed by atoms with Gasteiger partial charge in [-0.05, 0) is 13.0 Å². The van der Waals surface area contributed by atoms with Gasteiger partial charge < -0.3 is 4.74 Å². The molecule has 24 heavy (non-hydrogen) atoms. The fraction of sp³-hybridized carbons (Fsp3) is 0.316. The van der Waals surface area contributed by atoms with Gasteiger partial charge in [-0.25, -0.2) is 14.3 Å². The molecule has 0 aliphatic carbocycles. The molecule has 0 unspecified atom stereocenters. The average Bonchev–Trinajstić information content (AvgIpc) is 2.99. The predicted octanol–water partition coefficient (Wildman–Crippen LogP) is 3.87. The number of esters is 1. The molecule has 0 radical (unpaired) electrons. The van der Waals surface area contributed by atoms with Crippen molar-refractivity contribution in [2.75, 3.05) is 6.61 Å². The van der Waals surface area contributed by atoms with Gasteiger partial charge in [-0.2, -0.15) is 5.10 Å². The van der Waals surface area contributed by atoms with Crippen LogP contribution in [0.1, 0.15) is 43.9 Å². The summed E-state index contributed by atoms with van der Waals surface area (Å²) in [7, 11) is 0. The van der Waals surface area contributed by atoms with Crippen molar-refractivity contribution in [2.24, 2.45) is 0 Å². The number of rotatable bonds is 3. The Balaban J connectivity index is 2.24. The van der Waals surface area contributed by atoms with Crippen molar-refractivity contribution in [1.29, 1.82) is 0 Å². The van der Waals surface area contributed by atoms with Crippen molar-refractivity contribution in [1.82, 2.24) is 14.6 Å². The molecule has 5 heteroatoms. The fourth-order valence-corrected chi connectivity index (χ4v) is 2.45. The van der Waals surface area contributed by atoms with E-state index in [9.17, 15) is 4.79 Å². The predicted molar refractivity (Wildman–Crippen MR) is 93.1 cm³/mol. The molecule has 0 saturated heterocycles. The molecule has 0 spiro atoms. The third-order valence-corrected chi connectivity index (χ3v) is 3.75. The molecule has 5 nitrogen and oxygen atoms in total. The highest BCUT2D eigenvalue weighted by atomic mass is 16.5. The molecule has 0 aliphatic rings. The number of carbonyl (C=O) groups excluding carboxylic acids is 1. The Bertz CT molecular complexity index is 877. The lowest BCUT2D eigenvalue weighted by Crippen LogP contribution is -2.15. The highest BCUT2D eigenvalue weighted by molar-refractivity contribution is 5.89. The van der Waals surface area contributed by atoms with Crippen LogP contribution in [0, 0.1) is 0 Å². The first-order chi connectivity index (χ1) is 11.4. The Kier molecular flexibility index (Phi) is 4.09. The number of aromatic nitrogens is 3. The van der Waals surface area contributed by atoms with Crippen LogP contribution in [0.15, 0.2) is 42.5 Å². The van der Waals surface area contributed by atoms with Gasteiger partial charge in [0.05, 0.1) is 18.0 Å². The number of carbonyl (C=O) groups is 1. The Morgan fingerprint density at radius 2 is 1.88 bits per heavy atom. The number of fused-ring (bicyclic) bond motifs is 1. The van der Waals surface area contributed by atoms with E-state index in [4.69, 9.17) is 4.74 Å². The highest BCUT2D eigenvalue weighted by Crippen LogP contribution is 2.25. The molecular formula is C19H21N3O2. The van der Waals surface area contributed by atoms with Crippen molar-refractivity contribution < 1.29 is 9.53 Å². The van der Waals surface area contributed by atoms with E-state index in [-0.39, 0.29) is 5.41 Å². The third-order valence-electron chi connectivity index (χ3n) is 3.75. The average molecular weight is 323 g/mol. The van der Waals surface area contributed by atoms with Crippen molar-refractivity contribution in [3.8, 4) is 11.3 Å². The van der Waals surface area contributed by atoms with Crippen LogP contribution in [-0.4, -0.2) is 27.2 Å². The van der Waals surface area contributed by atoms with E-state index in [1.165, 1.54) is 0 Å². The van der Waals surface area contributed by atoms with Gasteiger partial charge in [0.25, 0.3) is 0 Å². The van der Waals surface area contributed by atoms with Crippen LogP contribution in [0.4, 0.5) is 0 Å². The Hall–Kier alpha value is -2.69. The molecule has 0 N–H and O–H groups in total. The van der Waals surface area contributed by atoms with Gasteiger partial charge in [0.1, 0.15) is 0 Å². The summed E-state index contributed by atoms with van der Waals surface area (Å²) in [6.45, 7) is 8.35. The summed E-state index contributed by atoms with van der Waals surface area (Å²) in [5.41, 5.74) is 3.45. The first-order valence-electron chi connectivity index (χ1n) is 8.04. The smallest absolute Gasteiger partial charge is 0.357 e. The number of nitrogens with zero attached hydrogens (tertiary/aromatic N) is 3. The van der Waals surface area contributed by atoms with E-state index < -0.39 is 5.97 Å². The standard InChI is InChI=1S/C19H21N3O2/c1-5-24-18(23)15-11-14(13-9-7-6-8-10-13)20-17-12-16(19(2,3)4)21-22(15)17/h6-12H,5H2,1-4H3. The lowest BCUT2D eigenvalue weighted by atomic mass is 9.93. The van der Waals surface area contributed by atoms with Crippen LogP contribution in [0.2, 0.25) is 0 Å². The summed E-state index contributed by atoms with van der Waals surface area (Å²) < 4.78 is 6.77. The van der Waals surface area contributed by atoms with E-state index >= 15 is 0 Å². The molecule has 0 saturated carbocycles. The van der Waals surface area contributed by atoms with Crippen LogP contribution in [0.3, 0.4) is 0 Å². The van der Waals surface area contributed by atoms with Crippen molar-refractivity contribution in [2.45, 2.75) is 33.1 Å². The zero-order chi connectivity index (χ0) is 17.3. The van der Waals surface area contributed by atoms with Gasteiger partial charge in [-0.3, -0.25) is 0 Å². The second-order valence-electron chi connectivity index (χ2n) is 6.66. The highest BCUT2D eigenvalue weighted by Gasteiger charge is 2.22. The first-order valence-corrected chi connectivity index (χ1v) is 8.04. The number of hydrogen-bond acceptors (Lipinski definition) is 4. The maximum atomic E-state index is 12.4. The quantitative estimate of drug-likeness (QED) is 0.687. The van der Waals surface area contributed by atoms with Crippen LogP contribution in [0.5, 0.6) is 0 Å². The first kappa shape index (κ1) is 16.2. The molecule has 0 bridgehead atoms. The minimum absolute atomic E-state index is 0.132. The molecule has 0 atom stereocenters. The van der Waals surface area contributed by atoms with Crippen LogP contribution >= 0.6 is 0 Å². The summed E-state index contributed by atoms with van der Waals surface area (Å²) in [4.78, 5) is 17.1. The monoisotopic (exact) mass is 323 g/mol. The SMILES string of the molecule is CCOC(=O)c1cc(-c2ccccc2)nc2cc(C(C)(C)C)nn12. The normalized spacial score (nSPS) is 11.7. The van der Waals surface area contributed by atoms with E-state index in [0.29, 0.717) is 17.9 Å². The maximum Gasteiger partial charge on any atom is 0.357 e. The van der Waals surface area contributed by atoms with Gasteiger partial charge in [-0.1, -0.05) is 51.1 Å². The number of hydrogen-bond donors (Lipinski definition) is 0. The topological polar surface area (TPSA) is 56.5 Å². The molecule has 0 aliphatic heterocycles. The molecule has 2 heterocycles. The molecule has 2 aromatic heterocycles. The largest absolute Gasteiger partial charge is 0.461 e. The van der Waals surface area contributed by atoms with E-state index in [1.54, 1.807) is 17.5 Å². The third kappa shape index (κ3) is 3.02. The molecule has 0 amide bonds.